The number of carboxylic acid groups (broad SMARTS) is 1. The van der Waals surface area contributed by atoms with Crippen LogP contribution in [0.2, 0.25) is 0 Å². The van der Waals surface area contributed by atoms with E-state index in [4.69, 9.17) is 5.11 Å². The molecular weight excluding hydrogens is 272 g/mol. The van der Waals surface area contributed by atoms with Gasteiger partial charge in [0.25, 0.3) is 0 Å². The van der Waals surface area contributed by atoms with Crippen molar-refractivity contribution in [1.82, 2.24) is 14.7 Å². The number of carboxylic acids is 1. The zero-order valence-corrected chi connectivity index (χ0v) is 11.5. The van der Waals surface area contributed by atoms with Crippen LogP contribution in [0.3, 0.4) is 0 Å². The van der Waals surface area contributed by atoms with Crippen molar-refractivity contribution in [3.05, 3.63) is 17.5 Å². The fourth-order valence-electron chi connectivity index (χ4n) is 1.30. The molecule has 8 nitrogen and oxygen atoms in total. The van der Waals surface area contributed by atoms with Gasteiger partial charge in [-0.25, -0.2) is 27.9 Å². The van der Waals surface area contributed by atoms with Crippen LogP contribution < -0.4 is 10.0 Å². The maximum absolute atomic E-state index is 10.8. The van der Waals surface area contributed by atoms with Gasteiger partial charge in [-0.15, -0.1) is 0 Å². The Morgan fingerprint density at radius 2 is 2.05 bits per heavy atom. The molecule has 0 fully saturated rings. The number of aromatic nitrogens is 2. The number of rotatable bonds is 7. The predicted octanol–water partition coefficient (Wildman–Crippen LogP) is -0.166. The fraction of sp³-hybridized carbons (Fsp3) is 0.500. The lowest BCUT2D eigenvalue weighted by Crippen LogP contribution is -2.24. The van der Waals surface area contributed by atoms with Crippen molar-refractivity contribution in [2.45, 2.75) is 13.3 Å². The number of hydrogen-bond acceptors (Lipinski definition) is 6. The van der Waals surface area contributed by atoms with Crippen LogP contribution in [0.25, 0.3) is 0 Å². The van der Waals surface area contributed by atoms with E-state index in [1.807, 2.05) is 0 Å². The smallest absolute Gasteiger partial charge is 0.354 e. The van der Waals surface area contributed by atoms with E-state index in [2.05, 4.69) is 20.0 Å². The summed E-state index contributed by atoms with van der Waals surface area (Å²) in [5, 5.41) is 11.7. The monoisotopic (exact) mass is 288 g/mol. The Hall–Kier alpha value is -1.74. The Kier molecular flexibility index (Phi) is 5.19. The highest BCUT2D eigenvalue weighted by atomic mass is 32.2. The Labute approximate surface area is 111 Å². The molecule has 1 heterocycles. The Morgan fingerprint density at radius 1 is 1.37 bits per heavy atom. The number of aromatic carboxylic acids is 1. The van der Waals surface area contributed by atoms with Gasteiger partial charge in [0.1, 0.15) is 0 Å². The average molecular weight is 288 g/mol. The van der Waals surface area contributed by atoms with Crippen molar-refractivity contribution < 1.29 is 18.3 Å². The topological polar surface area (TPSA) is 121 Å². The highest BCUT2D eigenvalue weighted by Gasteiger charge is 2.08. The third-order valence-electron chi connectivity index (χ3n) is 2.07. The quantitative estimate of drug-likeness (QED) is 0.596. The van der Waals surface area contributed by atoms with Crippen LogP contribution in [0, 0.1) is 6.92 Å². The minimum Gasteiger partial charge on any atom is -0.477 e. The molecule has 0 bridgehead atoms. The van der Waals surface area contributed by atoms with E-state index in [1.54, 1.807) is 6.92 Å². The van der Waals surface area contributed by atoms with Crippen molar-refractivity contribution in [1.29, 1.82) is 0 Å². The lowest BCUT2D eigenvalue weighted by molar-refractivity contribution is 0.0690. The number of hydrogen-bond donors (Lipinski definition) is 3. The average Bonchev–Trinajstić information content (AvgIpc) is 2.26. The molecule has 0 atom stereocenters. The summed E-state index contributed by atoms with van der Waals surface area (Å²) in [6, 6.07) is 1.37. The molecule has 0 aromatic carbocycles. The summed E-state index contributed by atoms with van der Waals surface area (Å²) in [6.07, 6.45) is 1.62. The molecule has 3 N–H and O–H groups in total. The van der Waals surface area contributed by atoms with Crippen molar-refractivity contribution in [3.8, 4) is 0 Å². The second-order valence-corrected chi connectivity index (χ2v) is 5.80. The Balaban J connectivity index is 2.47. The Bertz CT molecular complexity index is 559. The van der Waals surface area contributed by atoms with Gasteiger partial charge in [0, 0.05) is 18.8 Å². The first-order valence-corrected chi connectivity index (χ1v) is 7.44. The molecule has 19 heavy (non-hydrogen) atoms. The van der Waals surface area contributed by atoms with Crippen molar-refractivity contribution >= 4 is 21.9 Å². The predicted molar refractivity (Wildman–Crippen MR) is 69.7 cm³/mol. The van der Waals surface area contributed by atoms with Crippen molar-refractivity contribution in [2.24, 2.45) is 0 Å². The normalized spacial score (nSPS) is 11.3. The molecule has 0 saturated carbocycles. The molecule has 0 aliphatic heterocycles. The third kappa shape index (κ3) is 6.11. The minimum absolute atomic E-state index is 0.0794. The lowest BCUT2D eigenvalue weighted by atomic mass is 10.3. The van der Waals surface area contributed by atoms with Gasteiger partial charge in [0.05, 0.1) is 6.26 Å². The molecule has 0 unspecified atom stereocenters. The van der Waals surface area contributed by atoms with Crippen LogP contribution >= 0.6 is 0 Å². The molecule has 0 radical (unpaired) electrons. The highest BCUT2D eigenvalue weighted by molar-refractivity contribution is 7.88. The summed E-state index contributed by atoms with van der Waals surface area (Å²) in [6.45, 7) is 2.40. The highest BCUT2D eigenvalue weighted by Crippen LogP contribution is 2.04. The molecule has 1 aromatic rings. The van der Waals surface area contributed by atoms with Gasteiger partial charge in [0.15, 0.2) is 5.69 Å². The van der Waals surface area contributed by atoms with Crippen LogP contribution in [0.15, 0.2) is 6.07 Å². The number of aryl methyl sites for hydroxylation is 1. The Morgan fingerprint density at radius 3 is 2.63 bits per heavy atom. The van der Waals surface area contributed by atoms with Crippen molar-refractivity contribution in [2.75, 3.05) is 24.7 Å². The van der Waals surface area contributed by atoms with Gasteiger partial charge < -0.3 is 10.4 Å². The van der Waals surface area contributed by atoms with Crippen molar-refractivity contribution in [3.63, 3.8) is 0 Å². The lowest BCUT2D eigenvalue weighted by Gasteiger charge is -2.06. The largest absolute Gasteiger partial charge is 0.477 e. The zero-order valence-electron chi connectivity index (χ0n) is 10.7. The van der Waals surface area contributed by atoms with Gasteiger partial charge in [0.2, 0.25) is 16.0 Å². The summed E-state index contributed by atoms with van der Waals surface area (Å²) in [5.74, 6) is -0.899. The molecule has 0 aliphatic carbocycles. The molecule has 106 valence electrons. The zero-order chi connectivity index (χ0) is 14.5. The van der Waals surface area contributed by atoms with Crippen LogP contribution in [-0.2, 0) is 10.0 Å². The van der Waals surface area contributed by atoms with E-state index in [0.717, 1.165) is 6.26 Å². The van der Waals surface area contributed by atoms with Crippen LogP contribution in [0.5, 0.6) is 0 Å². The second-order valence-electron chi connectivity index (χ2n) is 3.97. The van der Waals surface area contributed by atoms with E-state index < -0.39 is 16.0 Å². The summed E-state index contributed by atoms with van der Waals surface area (Å²) < 4.78 is 24.0. The molecule has 0 spiro atoms. The summed E-state index contributed by atoms with van der Waals surface area (Å²) in [5.41, 5.74) is 0.466. The summed E-state index contributed by atoms with van der Waals surface area (Å²) in [4.78, 5) is 18.7. The van der Waals surface area contributed by atoms with E-state index in [9.17, 15) is 13.2 Å². The maximum atomic E-state index is 10.8. The van der Waals surface area contributed by atoms with E-state index in [-0.39, 0.29) is 11.6 Å². The molecule has 1 aromatic heterocycles. The standard InChI is InChI=1S/C10H16N4O4S/c1-7-6-8(9(15)16)14-10(13-7)11-4-3-5-12-19(2,17)18/h6,12H,3-5H2,1-2H3,(H,15,16)(H,11,13,14). The molecular formula is C10H16N4O4S. The summed E-state index contributed by atoms with van der Waals surface area (Å²) in [7, 11) is -3.18. The van der Waals surface area contributed by atoms with Gasteiger partial charge in [-0.1, -0.05) is 0 Å². The van der Waals surface area contributed by atoms with E-state index in [0.29, 0.717) is 25.2 Å². The number of nitrogens with one attached hydrogen (secondary N) is 2. The van der Waals surface area contributed by atoms with Crippen LogP contribution in [0.1, 0.15) is 22.6 Å². The first kappa shape index (κ1) is 15.3. The molecule has 0 amide bonds. The minimum atomic E-state index is -3.18. The molecule has 0 saturated heterocycles. The fourth-order valence-corrected chi connectivity index (χ4v) is 1.82. The van der Waals surface area contributed by atoms with Gasteiger partial charge in [-0.2, -0.15) is 0 Å². The number of nitrogens with zero attached hydrogens (tertiary/aromatic N) is 2. The first-order chi connectivity index (χ1) is 8.78. The van der Waals surface area contributed by atoms with Crippen LogP contribution in [-0.4, -0.2) is 48.8 Å². The number of anilines is 1. The SMILES string of the molecule is Cc1cc(C(=O)O)nc(NCCCNS(C)(=O)=O)n1. The van der Waals surface area contributed by atoms with Crippen LogP contribution in [0.4, 0.5) is 5.95 Å². The second kappa shape index (κ2) is 6.43. The van der Waals surface area contributed by atoms with Gasteiger partial charge in [-0.05, 0) is 19.4 Å². The van der Waals surface area contributed by atoms with Gasteiger partial charge in [-0.3, -0.25) is 0 Å². The molecule has 1 rings (SSSR count). The van der Waals surface area contributed by atoms with E-state index in [1.165, 1.54) is 6.07 Å². The first-order valence-electron chi connectivity index (χ1n) is 5.55. The third-order valence-corrected chi connectivity index (χ3v) is 2.80. The molecule has 9 heteroatoms. The molecule has 0 aliphatic rings. The number of carbonyl (C=O) groups is 1. The summed E-state index contributed by atoms with van der Waals surface area (Å²) >= 11 is 0. The van der Waals surface area contributed by atoms with Gasteiger partial charge >= 0.3 is 5.97 Å². The van der Waals surface area contributed by atoms with E-state index >= 15 is 0 Å². The number of sulfonamides is 1. The maximum Gasteiger partial charge on any atom is 0.354 e.